The number of hydrogen-bond donors (Lipinski definition) is 2. The lowest BCUT2D eigenvalue weighted by Crippen LogP contribution is -2.42. The molecule has 2 N–H and O–H groups in total. The molecule has 1 unspecified atom stereocenters. The monoisotopic (exact) mass is 343 g/mol. The number of nitrogens with zero attached hydrogens (tertiary/aromatic N) is 1. The molecule has 1 aliphatic heterocycles. The van der Waals surface area contributed by atoms with Crippen LogP contribution in [0.4, 0.5) is 10.1 Å². The Bertz CT molecular complexity index is 566. The van der Waals surface area contributed by atoms with E-state index >= 15 is 0 Å². The van der Waals surface area contributed by atoms with Crippen LogP contribution in [0.2, 0.25) is 0 Å². The summed E-state index contributed by atoms with van der Waals surface area (Å²) in [5.41, 5.74) is 0.442. The molecule has 1 saturated heterocycles. The van der Waals surface area contributed by atoms with Crippen molar-refractivity contribution in [2.24, 2.45) is 5.92 Å². The zero-order valence-electron chi connectivity index (χ0n) is 13.4. The lowest BCUT2D eigenvalue weighted by molar-refractivity contribution is -0.114. The van der Waals surface area contributed by atoms with Gasteiger partial charge in [-0.15, -0.1) is 12.4 Å². The molecule has 0 radical (unpaired) electrons. The van der Waals surface area contributed by atoms with Crippen LogP contribution in [0.1, 0.15) is 30.1 Å². The van der Waals surface area contributed by atoms with E-state index in [0.717, 1.165) is 19.4 Å². The molecule has 0 spiro atoms. The molecule has 1 aromatic carbocycles. The molecule has 1 aliphatic rings. The number of carbonyl (C=O) groups is 2. The smallest absolute Gasteiger partial charge is 0.256 e. The third-order valence-corrected chi connectivity index (χ3v) is 3.82. The van der Waals surface area contributed by atoms with E-state index in [2.05, 4.69) is 10.6 Å². The van der Waals surface area contributed by atoms with Crippen LogP contribution in [0.25, 0.3) is 0 Å². The van der Waals surface area contributed by atoms with Crippen LogP contribution >= 0.6 is 12.4 Å². The molecule has 1 aromatic rings. The van der Waals surface area contributed by atoms with Gasteiger partial charge in [-0.05, 0) is 50.6 Å². The Kier molecular flexibility index (Phi) is 7.45. The Morgan fingerprint density at radius 1 is 1.39 bits per heavy atom. The molecule has 2 amide bonds. The van der Waals surface area contributed by atoms with Crippen LogP contribution in [-0.4, -0.2) is 43.4 Å². The number of rotatable bonds is 4. The van der Waals surface area contributed by atoms with Crippen molar-refractivity contribution in [1.82, 2.24) is 10.2 Å². The van der Waals surface area contributed by atoms with Crippen molar-refractivity contribution in [2.45, 2.75) is 19.8 Å². The lowest BCUT2D eigenvalue weighted by atomic mass is 9.97. The van der Waals surface area contributed by atoms with Crippen LogP contribution in [0.3, 0.4) is 0 Å². The second kappa shape index (κ2) is 8.84. The Balaban J connectivity index is 0.00000264. The van der Waals surface area contributed by atoms with E-state index in [4.69, 9.17) is 0 Å². The molecular weight excluding hydrogens is 321 g/mol. The Morgan fingerprint density at radius 3 is 2.78 bits per heavy atom. The number of likely N-dealkylation sites (tertiary alicyclic amines) is 1. The zero-order chi connectivity index (χ0) is 16.1. The minimum atomic E-state index is -0.560. The van der Waals surface area contributed by atoms with Crippen molar-refractivity contribution in [1.29, 1.82) is 0 Å². The van der Waals surface area contributed by atoms with Gasteiger partial charge < -0.3 is 15.5 Å². The molecule has 0 aliphatic carbocycles. The third-order valence-electron chi connectivity index (χ3n) is 3.82. The third kappa shape index (κ3) is 5.18. The molecule has 2 rings (SSSR count). The fourth-order valence-corrected chi connectivity index (χ4v) is 2.85. The minimum Gasteiger partial charge on any atom is -0.338 e. The van der Waals surface area contributed by atoms with Gasteiger partial charge in [-0.3, -0.25) is 9.59 Å². The SMILES string of the molecule is CNCC1CCCN(C(=O)c2cc(NC(C)=O)ccc2F)C1.Cl. The summed E-state index contributed by atoms with van der Waals surface area (Å²) in [6.07, 6.45) is 1.99. The summed E-state index contributed by atoms with van der Waals surface area (Å²) in [6, 6.07) is 4.07. The molecule has 0 saturated carbocycles. The van der Waals surface area contributed by atoms with Gasteiger partial charge in [-0.25, -0.2) is 4.39 Å². The first kappa shape index (κ1) is 19.4. The molecule has 1 fully saturated rings. The molecule has 0 bridgehead atoms. The second-order valence-electron chi connectivity index (χ2n) is 5.69. The molecule has 23 heavy (non-hydrogen) atoms. The molecule has 128 valence electrons. The van der Waals surface area contributed by atoms with E-state index < -0.39 is 5.82 Å². The second-order valence-corrected chi connectivity index (χ2v) is 5.69. The first-order valence-electron chi connectivity index (χ1n) is 7.52. The molecule has 7 heteroatoms. The van der Waals surface area contributed by atoms with Crippen molar-refractivity contribution in [3.05, 3.63) is 29.6 Å². The van der Waals surface area contributed by atoms with Gasteiger partial charge in [0.25, 0.3) is 5.91 Å². The van der Waals surface area contributed by atoms with Gasteiger partial charge in [0, 0.05) is 25.7 Å². The Labute approximate surface area is 142 Å². The summed E-state index contributed by atoms with van der Waals surface area (Å²) < 4.78 is 14.0. The molecular formula is C16H23ClFN3O2. The zero-order valence-corrected chi connectivity index (χ0v) is 14.2. The van der Waals surface area contributed by atoms with Crippen molar-refractivity contribution in [2.75, 3.05) is 32.0 Å². The fourth-order valence-electron chi connectivity index (χ4n) is 2.85. The summed E-state index contributed by atoms with van der Waals surface area (Å²) >= 11 is 0. The summed E-state index contributed by atoms with van der Waals surface area (Å²) in [7, 11) is 1.89. The quantitative estimate of drug-likeness (QED) is 0.881. The summed E-state index contributed by atoms with van der Waals surface area (Å²) in [4.78, 5) is 25.3. The number of piperidine rings is 1. The van der Waals surface area contributed by atoms with Gasteiger partial charge in [-0.2, -0.15) is 0 Å². The number of benzene rings is 1. The maximum atomic E-state index is 14.0. The van der Waals surface area contributed by atoms with Crippen LogP contribution in [0, 0.1) is 11.7 Å². The van der Waals surface area contributed by atoms with E-state index in [1.165, 1.54) is 25.1 Å². The number of amides is 2. The normalized spacial score (nSPS) is 17.3. The molecule has 1 atom stereocenters. The standard InChI is InChI=1S/C16H22FN3O2.ClH/c1-11(21)19-13-5-6-15(17)14(8-13)16(22)20-7-3-4-12(10-20)9-18-2;/h5-6,8,12,18H,3-4,7,9-10H2,1-2H3,(H,19,21);1H. The van der Waals surface area contributed by atoms with E-state index in [1.54, 1.807) is 4.90 Å². The Morgan fingerprint density at radius 2 is 2.13 bits per heavy atom. The topological polar surface area (TPSA) is 61.4 Å². The minimum absolute atomic E-state index is 0. The average Bonchev–Trinajstić information content (AvgIpc) is 2.49. The molecule has 0 aromatic heterocycles. The highest BCUT2D eigenvalue weighted by Gasteiger charge is 2.26. The van der Waals surface area contributed by atoms with Crippen LogP contribution < -0.4 is 10.6 Å². The van der Waals surface area contributed by atoms with Gasteiger partial charge in [-0.1, -0.05) is 0 Å². The van der Waals surface area contributed by atoms with Crippen LogP contribution in [0.15, 0.2) is 18.2 Å². The van der Waals surface area contributed by atoms with E-state index in [1.807, 2.05) is 7.05 Å². The average molecular weight is 344 g/mol. The van der Waals surface area contributed by atoms with Crippen molar-refractivity contribution >= 4 is 29.9 Å². The van der Waals surface area contributed by atoms with Gasteiger partial charge in [0.15, 0.2) is 0 Å². The van der Waals surface area contributed by atoms with Crippen molar-refractivity contribution in [3.8, 4) is 0 Å². The predicted octanol–water partition coefficient (Wildman–Crippen LogP) is 2.28. The van der Waals surface area contributed by atoms with Crippen LogP contribution in [-0.2, 0) is 4.79 Å². The lowest BCUT2D eigenvalue weighted by Gasteiger charge is -2.33. The maximum Gasteiger partial charge on any atom is 0.256 e. The largest absolute Gasteiger partial charge is 0.338 e. The summed E-state index contributed by atoms with van der Waals surface area (Å²) in [5, 5.41) is 5.69. The highest BCUT2D eigenvalue weighted by molar-refractivity contribution is 5.97. The van der Waals surface area contributed by atoms with E-state index in [-0.39, 0.29) is 29.8 Å². The Hall–Kier alpha value is -1.66. The highest BCUT2D eigenvalue weighted by Crippen LogP contribution is 2.21. The van der Waals surface area contributed by atoms with Crippen LogP contribution in [0.5, 0.6) is 0 Å². The van der Waals surface area contributed by atoms with Gasteiger partial charge >= 0.3 is 0 Å². The molecule has 1 heterocycles. The summed E-state index contributed by atoms with van der Waals surface area (Å²) in [5.74, 6) is -0.735. The number of anilines is 1. The number of halogens is 2. The predicted molar refractivity (Wildman–Crippen MR) is 90.5 cm³/mol. The first-order valence-corrected chi connectivity index (χ1v) is 7.52. The van der Waals surface area contributed by atoms with Gasteiger partial charge in [0.1, 0.15) is 5.82 Å². The number of hydrogen-bond acceptors (Lipinski definition) is 3. The van der Waals surface area contributed by atoms with Crippen molar-refractivity contribution < 1.29 is 14.0 Å². The number of nitrogens with one attached hydrogen (secondary N) is 2. The highest BCUT2D eigenvalue weighted by atomic mass is 35.5. The van der Waals surface area contributed by atoms with Gasteiger partial charge in [0.05, 0.1) is 5.56 Å². The fraction of sp³-hybridized carbons (Fsp3) is 0.500. The first-order chi connectivity index (χ1) is 10.5. The van der Waals surface area contributed by atoms with Gasteiger partial charge in [0.2, 0.25) is 5.91 Å². The van der Waals surface area contributed by atoms with E-state index in [0.29, 0.717) is 24.7 Å². The number of carbonyl (C=O) groups excluding carboxylic acids is 2. The molecule has 5 nitrogen and oxygen atoms in total. The van der Waals surface area contributed by atoms with Crippen molar-refractivity contribution in [3.63, 3.8) is 0 Å². The maximum absolute atomic E-state index is 14.0. The van der Waals surface area contributed by atoms with E-state index in [9.17, 15) is 14.0 Å². The summed E-state index contributed by atoms with van der Waals surface area (Å²) in [6.45, 7) is 3.49.